The van der Waals surface area contributed by atoms with Crippen LogP contribution < -0.4 is 0 Å². The molecule has 0 saturated heterocycles. The Balaban J connectivity index is 1.87. The van der Waals surface area contributed by atoms with Crippen LogP contribution in [0.25, 0.3) is 0 Å². The van der Waals surface area contributed by atoms with Gasteiger partial charge in [0, 0.05) is 15.8 Å². The van der Waals surface area contributed by atoms with Crippen LogP contribution >= 0.6 is 22.6 Å². The standard InChI is InChI=1S/C15H14IN3O2/c1-9(2)19-6-5-11(17-19)8-18-14(20)12-4-3-10(16)7-13(12)15(18)21/h3-7,9H,8H2,1-2H3. The molecule has 1 aromatic carbocycles. The largest absolute Gasteiger partial charge is 0.270 e. The smallest absolute Gasteiger partial charge is 0.261 e. The Labute approximate surface area is 136 Å². The minimum Gasteiger partial charge on any atom is -0.270 e. The molecular formula is C15H14IN3O2. The molecule has 0 fully saturated rings. The van der Waals surface area contributed by atoms with E-state index in [9.17, 15) is 9.59 Å². The van der Waals surface area contributed by atoms with Crippen molar-refractivity contribution in [1.82, 2.24) is 14.7 Å². The van der Waals surface area contributed by atoms with E-state index in [0.29, 0.717) is 16.8 Å². The molecule has 108 valence electrons. The molecule has 0 bridgehead atoms. The summed E-state index contributed by atoms with van der Waals surface area (Å²) < 4.78 is 2.76. The van der Waals surface area contributed by atoms with Crippen LogP contribution in [0.4, 0.5) is 0 Å². The third kappa shape index (κ3) is 2.48. The minimum absolute atomic E-state index is 0.211. The van der Waals surface area contributed by atoms with Gasteiger partial charge in [-0.1, -0.05) is 0 Å². The van der Waals surface area contributed by atoms with E-state index in [4.69, 9.17) is 0 Å². The highest BCUT2D eigenvalue weighted by molar-refractivity contribution is 14.1. The summed E-state index contributed by atoms with van der Waals surface area (Å²) in [7, 11) is 0. The molecule has 2 amide bonds. The first-order valence-electron chi connectivity index (χ1n) is 6.67. The number of halogens is 1. The van der Waals surface area contributed by atoms with E-state index in [1.54, 1.807) is 12.1 Å². The monoisotopic (exact) mass is 395 g/mol. The molecule has 0 spiro atoms. The van der Waals surface area contributed by atoms with E-state index in [1.807, 2.05) is 36.9 Å². The van der Waals surface area contributed by atoms with Crippen molar-refractivity contribution in [3.8, 4) is 0 Å². The predicted molar refractivity (Wildman–Crippen MR) is 86.0 cm³/mol. The number of fused-ring (bicyclic) bond motifs is 1. The topological polar surface area (TPSA) is 55.2 Å². The highest BCUT2D eigenvalue weighted by Gasteiger charge is 2.35. The Kier molecular flexibility index (Phi) is 3.56. The number of aromatic nitrogens is 2. The van der Waals surface area contributed by atoms with Gasteiger partial charge >= 0.3 is 0 Å². The maximum Gasteiger partial charge on any atom is 0.261 e. The van der Waals surface area contributed by atoms with Gasteiger partial charge in [0.15, 0.2) is 0 Å². The number of imide groups is 1. The van der Waals surface area contributed by atoms with Crippen molar-refractivity contribution in [1.29, 1.82) is 0 Å². The van der Waals surface area contributed by atoms with Crippen molar-refractivity contribution >= 4 is 34.4 Å². The first-order chi connectivity index (χ1) is 9.97. The highest BCUT2D eigenvalue weighted by atomic mass is 127. The molecule has 6 heteroatoms. The third-order valence-corrected chi connectivity index (χ3v) is 4.12. The molecule has 1 aromatic heterocycles. The van der Waals surface area contributed by atoms with Crippen molar-refractivity contribution in [2.75, 3.05) is 0 Å². The van der Waals surface area contributed by atoms with Crippen LogP contribution in [0.5, 0.6) is 0 Å². The average Bonchev–Trinajstić information content (AvgIpc) is 2.99. The maximum atomic E-state index is 12.4. The van der Waals surface area contributed by atoms with E-state index >= 15 is 0 Å². The van der Waals surface area contributed by atoms with Crippen molar-refractivity contribution in [2.45, 2.75) is 26.4 Å². The summed E-state index contributed by atoms with van der Waals surface area (Å²) in [6.45, 7) is 4.27. The normalized spacial score (nSPS) is 14.2. The van der Waals surface area contributed by atoms with Crippen LogP contribution in [-0.2, 0) is 6.54 Å². The summed E-state index contributed by atoms with van der Waals surface area (Å²) >= 11 is 2.13. The zero-order valence-electron chi connectivity index (χ0n) is 11.7. The molecular weight excluding hydrogens is 381 g/mol. The van der Waals surface area contributed by atoms with Gasteiger partial charge < -0.3 is 0 Å². The molecule has 3 rings (SSSR count). The molecule has 21 heavy (non-hydrogen) atoms. The zero-order valence-corrected chi connectivity index (χ0v) is 13.9. The molecule has 1 aliphatic rings. The van der Waals surface area contributed by atoms with Gasteiger partial charge in [-0.25, -0.2) is 0 Å². The van der Waals surface area contributed by atoms with E-state index in [-0.39, 0.29) is 24.4 Å². The number of amides is 2. The van der Waals surface area contributed by atoms with Gasteiger partial charge in [0.25, 0.3) is 11.8 Å². The van der Waals surface area contributed by atoms with Crippen LogP contribution in [0.2, 0.25) is 0 Å². The molecule has 0 unspecified atom stereocenters. The van der Waals surface area contributed by atoms with Crippen molar-refractivity contribution in [2.24, 2.45) is 0 Å². The second-order valence-corrected chi connectivity index (χ2v) is 6.51. The summed E-state index contributed by atoms with van der Waals surface area (Å²) in [5.41, 5.74) is 1.67. The molecule has 0 saturated carbocycles. The lowest BCUT2D eigenvalue weighted by molar-refractivity contribution is 0.0640. The molecule has 1 aliphatic heterocycles. The fourth-order valence-corrected chi connectivity index (χ4v) is 2.81. The molecule has 2 aromatic rings. The maximum absolute atomic E-state index is 12.4. The van der Waals surface area contributed by atoms with Gasteiger partial charge in [0.05, 0.1) is 23.4 Å². The second kappa shape index (κ2) is 5.25. The number of hydrogen-bond acceptors (Lipinski definition) is 3. The van der Waals surface area contributed by atoms with Gasteiger partial charge in [0.2, 0.25) is 0 Å². The number of benzene rings is 1. The fourth-order valence-electron chi connectivity index (χ4n) is 2.32. The van der Waals surface area contributed by atoms with Gasteiger partial charge in [-0.3, -0.25) is 19.2 Å². The van der Waals surface area contributed by atoms with Gasteiger partial charge in [-0.15, -0.1) is 0 Å². The van der Waals surface area contributed by atoms with Crippen molar-refractivity contribution in [3.05, 3.63) is 50.9 Å². The van der Waals surface area contributed by atoms with Gasteiger partial charge in [0.1, 0.15) is 0 Å². The number of carbonyl (C=O) groups is 2. The summed E-state index contributed by atoms with van der Waals surface area (Å²) in [6.07, 6.45) is 1.86. The lowest BCUT2D eigenvalue weighted by Gasteiger charge is -2.12. The Bertz CT molecular complexity index is 736. The molecule has 5 nitrogen and oxygen atoms in total. The van der Waals surface area contributed by atoms with Gasteiger partial charge in [-0.2, -0.15) is 5.10 Å². The summed E-state index contributed by atoms with van der Waals surface area (Å²) in [4.78, 5) is 26.0. The van der Waals surface area contributed by atoms with Crippen molar-refractivity contribution < 1.29 is 9.59 Å². The van der Waals surface area contributed by atoms with E-state index in [2.05, 4.69) is 27.7 Å². The first-order valence-corrected chi connectivity index (χ1v) is 7.75. The minimum atomic E-state index is -0.245. The fraction of sp³-hybridized carbons (Fsp3) is 0.267. The predicted octanol–water partition coefficient (Wildman–Crippen LogP) is 2.86. The Morgan fingerprint density at radius 2 is 1.86 bits per heavy atom. The second-order valence-electron chi connectivity index (χ2n) is 5.27. The lowest BCUT2D eigenvalue weighted by atomic mass is 10.1. The number of carbonyl (C=O) groups excluding carboxylic acids is 2. The molecule has 2 heterocycles. The first kappa shape index (κ1) is 14.2. The van der Waals surface area contributed by atoms with Crippen LogP contribution in [0, 0.1) is 3.57 Å². The molecule has 0 aliphatic carbocycles. The summed E-state index contributed by atoms with van der Waals surface area (Å²) in [5, 5.41) is 4.39. The Morgan fingerprint density at radius 3 is 2.52 bits per heavy atom. The SMILES string of the molecule is CC(C)n1ccc(CN2C(=O)c3ccc(I)cc3C2=O)n1. The average molecular weight is 395 g/mol. The highest BCUT2D eigenvalue weighted by Crippen LogP contribution is 2.25. The Hall–Kier alpha value is -1.70. The van der Waals surface area contributed by atoms with Gasteiger partial charge in [-0.05, 0) is 60.7 Å². The summed E-state index contributed by atoms with van der Waals surface area (Å²) in [5.74, 6) is -0.488. The molecule has 0 radical (unpaired) electrons. The lowest BCUT2D eigenvalue weighted by Crippen LogP contribution is -2.29. The molecule has 0 atom stereocenters. The van der Waals surface area contributed by atoms with Crippen LogP contribution in [-0.4, -0.2) is 26.5 Å². The third-order valence-electron chi connectivity index (χ3n) is 3.45. The number of nitrogens with zero attached hydrogens (tertiary/aromatic N) is 3. The van der Waals surface area contributed by atoms with E-state index in [1.165, 1.54) is 4.90 Å². The quantitative estimate of drug-likeness (QED) is 0.594. The van der Waals surface area contributed by atoms with Crippen LogP contribution in [0.3, 0.4) is 0 Å². The molecule has 0 N–H and O–H groups in total. The van der Waals surface area contributed by atoms with Crippen molar-refractivity contribution in [3.63, 3.8) is 0 Å². The number of hydrogen-bond donors (Lipinski definition) is 0. The Morgan fingerprint density at radius 1 is 1.14 bits per heavy atom. The van der Waals surface area contributed by atoms with E-state index < -0.39 is 0 Å². The summed E-state index contributed by atoms with van der Waals surface area (Å²) in [6, 6.07) is 7.39. The number of rotatable bonds is 3. The van der Waals surface area contributed by atoms with Crippen LogP contribution in [0.1, 0.15) is 46.3 Å². The van der Waals surface area contributed by atoms with E-state index in [0.717, 1.165) is 3.57 Å². The zero-order chi connectivity index (χ0) is 15.1. The van der Waals surface area contributed by atoms with Crippen LogP contribution in [0.15, 0.2) is 30.5 Å².